The van der Waals surface area contributed by atoms with Crippen molar-refractivity contribution in [3.05, 3.63) is 74.8 Å². The highest BCUT2D eigenvalue weighted by Gasteiger charge is 2.11. The number of carboxylic acids is 1. The van der Waals surface area contributed by atoms with Gasteiger partial charge in [0.25, 0.3) is 5.69 Å². The van der Waals surface area contributed by atoms with Gasteiger partial charge in [0.2, 0.25) is 5.91 Å². The molecule has 0 heterocycles. The van der Waals surface area contributed by atoms with Crippen LogP contribution >= 0.6 is 11.6 Å². The number of aromatic carboxylic acids is 1. The molecule has 2 N–H and O–H groups in total. The fourth-order valence-electron chi connectivity index (χ4n) is 1.89. The van der Waals surface area contributed by atoms with Gasteiger partial charge in [-0.1, -0.05) is 23.7 Å². The van der Waals surface area contributed by atoms with Gasteiger partial charge in [-0.25, -0.2) is 4.79 Å². The van der Waals surface area contributed by atoms with Crippen LogP contribution in [0.2, 0.25) is 5.02 Å². The molecular weight excluding hydrogens is 336 g/mol. The lowest BCUT2D eigenvalue weighted by Crippen LogP contribution is -2.09. The van der Waals surface area contributed by atoms with Gasteiger partial charge in [-0.2, -0.15) is 0 Å². The van der Waals surface area contributed by atoms with Crippen molar-refractivity contribution in [1.82, 2.24) is 0 Å². The molecule has 2 aromatic rings. The number of hydrogen-bond acceptors (Lipinski definition) is 4. The van der Waals surface area contributed by atoms with Gasteiger partial charge in [0, 0.05) is 12.1 Å². The van der Waals surface area contributed by atoms with E-state index in [2.05, 4.69) is 5.32 Å². The fourth-order valence-corrected chi connectivity index (χ4v) is 2.05. The largest absolute Gasteiger partial charge is 0.478 e. The van der Waals surface area contributed by atoms with E-state index in [1.165, 1.54) is 42.5 Å². The van der Waals surface area contributed by atoms with Crippen LogP contribution in [-0.2, 0) is 4.79 Å². The number of nitro groups is 1. The summed E-state index contributed by atoms with van der Waals surface area (Å²) in [6, 6.07) is 9.84. The molecule has 24 heavy (non-hydrogen) atoms. The summed E-state index contributed by atoms with van der Waals surface area (Å²) in [5, 5.41) is 22.4. The average molecular weight is 347 g/mol. The molecule has 0 aromatic heterocycles. The number of carboxylic acid groups (broad SMARTS) is 1. The van der Waals surface area contributed by atoms with Gasteiger partial charge in [-0.15, -0.1) is 0 Å². The zero-order valence-corrected chi connectivity index (χ0v) is 12.9. The van der Waals surface area contributed by atoms with Gasteiger partial charge >= 0.3 is 5.97 Å². The highest BCUT2D eigenvalue weighted by atomic mass is 35.5. The lowest BCUT2D eigenvalue weighted by Gasteiger charge is -2.06. The average Bonchev–Trinajstić information content (AvgIpc) is 2.55. The Morgan fingerprint density at radius 3 is 2.58 bits per heavy atom. The Labute approximate surface area is 141 Å². The topological polar surface area (TPSA) is 110 Å². The van der Waals surface area contributed by atoms with E-state index < -0.39 is 16.8 Å². The third-order valence-electron chi connectivity index (χ3n) is 3.02. The number of amides is 1. The first-order valence-corrected chi connectivity index (χ1v) is 7.01. The predicted molar refractivity (Wildman–Crippen MR) is 89.2 cm³/mol. The number of nitrogens with one attached hydrogen (secondary N) is 1. The summed E-state index contributed by atoms with van der Waals surface area (Å²) in [6.45, 7) is 0. The van der Waals surface area contributed by atoms with Crippen molar-refractivity contribution in [3.8, 4) is 0 Å². The molecule has 0 saturated carbocycles. The summed E-state index contributed by atoms with van der Waals surface area (Å²) in [4.78, 5) is 33.2. The summed E-state index contributed by atoms with van der Waals surface area (Å²) >= 11 is 5.91. The molecule has 0 aliphatic carbocycles. The second kappa shape index (κ2) is 7.38. The third kappa shape index (κ3) is 4.17. The Hall–Kier alpha value is -3.19. The monoisotopic (exact) mass is 346 g/mol. The van der Waals surface area contributed by atoms with Crippen molar-refractivity contribution in [1.29, 1.82) is 0 Å². The number of para-hydroxylation sites is 1. The predicted octanol–water partition coefficient (Wildman–Crippen LogP) is 3.60. The van der Waals surface area contributed by atoms with Crippen LogP contribution < -0.4 is 5.32 Å². The first-order chi connectivity index (χ1) is 11.4. The number of benzene rings is 2. The molecule has 0 radical (unpaired) electrons. The van der Waals surface area contributed by atoms with E-state index in [1.807, 2.05) is 0 Å². The molecule has 0 unspecified atom stereocenters. The van der Waals surface area contributed by atoms with Gasteiger partial charge in [-0.05, 0) is 30.3 Å². The summed E-state index contributed by atoms with van der Waals surface area (Å²) in [5.41, 5.74) is 0.238. The number of nitro benzene ring substituents is 1. The molecule has 0 fully saturated rings. The highest BCUT2D eigenvalue weighted by molar-refractivity contribution is 6.34. The molecule has 0 atom stereocenters. The summed E-state index contributed by atoms with van der Waals surface area (Å²) in [6.07, 6.45) is 2.40. The fraction of sp³-hybridized carbons (Fsp3) is 0. The highest BCUT2D eigenvalue weighted by Crippen LogP contribution is 2.23. The van der Waals surface area contributed by atoms with Crippen molar-refractivity contribution in [2.45, 2.75) is 0 Å². The van der Waals surface area contributed by atoms with Crippen LogP contribution in [0.15, 0.2) is 48.5 Å². The molecule has 0 saturated heterocycles. The minimum absolute atomic E-state index is 0.0302. The lowest BCUT2D eigenvalue weighted by atomic mass is 10.1. The van der Waals surface area contributed by atoms with Crippen molar-refractivity contribution in [2.75, 3.05) is 5.32 Å². The maximum Gasteiger partial charge on any atom is 0.335 e. The van der Waals surface area contributed by atoms with Crippen LogP contribution in [-0.4, -0.2) is 21.9 Å². The number of carbonyl (C=O) groups is 2. The van der Waals surface area contributed by atoms with Gasteiger partial charge in [0.1, 0.15) is 0 Å². The molecule has 1 amide bonds. The summed E-state index contributed by atoms with van der Waals surface area (Å²) in [5.74, 6) is -1.75. The SMILES string of the molecule is O=C(C=Cc1ccccc1[N+](=O)[O-])Nc1cc(C(=O)O)ccc1Cl. The lowest BCUT2D eigenvalue weighted by molar-refractivity contribution is -0.385. The minimum atomic E-state index is -1.15. The first kappa shape index (κ1) is 17.2. The Balaban J connectivity index is 2.19. The van der Waals surface area contributed by atoms with E-state index in [4.69, 9.17) is 16.7 Å². The molecule has 122 valence electrons. The second-order valence-corrected chi connectivity index (χ2v) is 5.05. The van der Waals surface area contributed by atoms with Gasteiger partial charge < -0.3 is 10.4 Å². The van der Waals surface area contributed by atoms with Crippen molar-refractivity contribution >= 4 is 40.9 Å². The van der Waals surface area contributed by atoms with Crippen LogP contribution in [0.5, 0.6) is 0 Å². The molecule has 0 aliphatic heterocycles. The zero-order chi connectivity index (χ0) is 17.7. The Bertz CT molecular complexity index is 848. The van der Waals surface area contributed by atoms with E-state index in [0.29, 0.717) is 0 Å². The van der Waals surface area contributed by atoms with Gasteiger partial charge in [-0.3, -0.25) is 14.9 Å². The molecule has 2 rings (SSSR count). The number of anilines is 1. The number of halogens is 1. The van der Waals surface area contributed by atoms with E-state index in [9.17, 15) is 19.7 Å². The molecule has 8 heteroatoms. The van der Waals surface area contributed by atoms with Crippen LogP contribution in [0, 0.1) is 10.1 Å². The second-order valence-electron chi connectivity index (χ2n) is 4.64. The van der Waals surface area contributed by atoms with Crippen LogP contribution in [0.4, 0.5) is 11.4 Å². The molecular formula is C16H11ClN2O5. The normalized spacial score (nSPS) is 10.5. The van der Waals surface area contributed by atoms with Crippen LogP contribution in [0.3, 0.4) is 0 Å². The number of hydrogen-bond donors (Lipinski definition) is 2. The molecule has 0 aliphatic rings. The standard InChI is InChI=1S/C16H11ClN2O5/c17-12-7-5-11(16(21)22)9-13(12)18-15(20)8-6-10-3-1-2-4-14(10)19(23)24/h1-9H,(H,18,20)(H,21,22). The van der Waals surface area contributed by atoms with Crippen molar-refractivity contribution in [3.63, 3.8) is 0 Å². The Morgan fingerprint density at radius 2 is 1.92 bits per heavy atom. The summed E-state index contributed by atoms with van der Waals surface area (Å²) in [7, 11) is 0. The van der Waals surface area contributed by atoms with Crippen molar-refractivity contribution < 1.29 is 19.6 Å². The first-order valence-electron chi connectivity index (χ1n) is 6.64. The molecule has 7 nitrogen and oxygen atoms in total. The van der Waals surface area contributed by atoms with Gasteiger partial charge in [0.15, 0.2) is 0 Å². The van der Waals surface area contributed by atoms with Crippen LogP contribution in [0.25, 0.3) is 6.08 Å². The zero-order valence-electron chi connectivity index (χ0n) is 12.1. The number of carbonyl (C=O) groups excluding carboxylic acids is 1. The van der Waals surface area contributed by atoms with Gasteiger partial charge in [0.05, 0.1) is 26.8 Å². The van der Waals surface area contributed by atoms with E-state index >= 15 is 0 Å². The minimum Gasteiger partial charge on any atom is -0.478 e. The molecule has 2 aromatic carbocycles. The maximum absolute atomic E-state index is 11.9. The van der Waals surface area contributed by atoms with Crippen molar-refractivity contribution in [2.24, 2.45) is 0 Å². The molecule has 0 bridgehead atoms. The Morgan fingerprint density at radius 1 is 1.21 bits per heavy atom. The van der Waals surface area contributed by atoms with E-state index in [1.54, 1.807) is 6.07 Å². The smallest absolute Gasteiger partial charge is 0.335 e. The van der Waals surface area contributed by atoms with E-state index in [-0.39, 0.29) is 27.5 Å². The van der Waals surface area contributed by atoms with Crippen LogP contribution in [0.1, 0.15) is 15.9 Å². The Kier molecular flexibility index (Phi) is 5.28. The number of nitrogens with zero attached hydrogens (tertiary/aromatic N) is 1. The quantitative estimate of drug-likeness (QED) is 0.488. The maximum atomic E-state index is 11.9. The number of rotatable bonds is 5. The summed E-state index contributed by atoms with van der Waals surface area (Å²) < 4.78 is 0. The third-order valence-corrected chi connectivity index (χ3v) is 3.35. The van der Waals surface area contributed by atoms with E-state index in [0.717, 1.165) is 6.08 Å². The molecule has 0 spiro atoms.